The molecule has 0 aromatic heterocycles. The van der Waals surface area contributed by atoms with Crippen molar-refractivity contribution in [2.24, 2.45) is 5.92 Å². The van der Waals surface area contributed by atoms with Gasteiger partial charge in [0.15, 0.2) is 20.7 Å². The lowest BCUT2D eigenvalue weighted by Gasteiger charge is -2.53. The Morgan fingerprint density at radius 2 is 1.38 bits per heavy atom. The van der Waals surface area contributed by atoms with Gasteiger partial charge in [-0.25, -0.2) is 4.79 Å². The first-order chi connectivity index (χ1) is 27.0. The Balaban J connectivity index is 1.43. The van der Waals surface area contributed by atoms with Gasteiger partial charge in [-0.15, -0.1) is 0 Å². The van der Waals surface area contributed by atoms with Gasteiger partial charge in [0.05, 0.1) is 13.2 Å². The van der Waals surface area contributed by atoms with Crippen LogP contribution in [0.15, 0.2) is 128 Å². The van der Waals surface area contributed by atoms with E-state index in [4.69, 9.17) is 18.6 Å². The van der Waals surface area contributed by atoms with Crippen LogP contribution in [-0.2, 0) is 23.5 Å². The third-order valence-electron chi connectivity index (χ3n) is 10.3. The summed E-state index contributed by atoms with van der Waals surface area (Å²) in [5, 5.41) is 3.02. The summed E-state index contributed by atoms with van der Waals surface area (Å²) in [7, 11) is -1.97. The SMILES string of the molecule is C=CCOC(=O)C(N1C[C@H]([C@@H](C)O[Si](C)(C)C)[C@H]1CC(=O)c1ccc(OCC(=O)N2CCOCC2)cc1)=P(c1ccccc1)(c1ccccc1)c1ccccc1. The maximum atomic E-state index is 14.9. The molecule has 2 heterocycles. The highest BCUT2D eigenvalue weighted by atomic mass is 31.2. The van der Waals surface area contributed by atoms with Crippen molar-refractivity contribution < 1.29 is 33.0 Å². The molecular weight excluding hydrogens is 740 g/mol. The summed E-state index contributed by atoms with van der Waals surface area (Å²) in [4.78, 5) is 45.8. The molecule has 4 aromatic carbocycles. The van der Waals surface area contributed by atoms with Gasteiger partial charge >= 0.3 is 5.97 Å². The van der Waals surface area contributed by atoms with E-state index in [0.29, 0.717) is 49.6 Å². The quantitative estimate of drug-likeness (QED) is 0.0457. The molecule has 2 aliphatic heterocycles. The molecule has 3 atom stereocenters. The highest BCUT2D eigenvalue weighted by molar-refractivity contribution is 7.96. The normalized spacial score (nSPS) is 18.0. The molecule has 2 fully saturated rings. The number of ether oxygens (including phenoxy) is 3. The molecule has 56 heavy (non-hydrogen) atoms. The lowest BCUT2D eigenvalue weighted by Crippen LogP contribution is -2.65. The van der Waals surface area contributed by atoms with Crippen LogP contribution < -0.4 is 20.7 Å². The monoisotopic (exact) mass is 792 g/mol. The van der Waals surface area contributed by atoms with Crippen LogP contribution in [0.25, 0.3) is 0 Å². The van der Waals surface area contributed by atoms with E-state index in [2.05, 4.69) is 74.4 Å². The minimum Gasteiger partial charge on any atom is -0.484 e. The third kappa shape index (κ3) is 9.34. The Morgan fingerprint density at radius 3 is 1.88 bits per heavy atom. The lowest BCUT2D eigenvalue weighted by atomic mass is 9.80. The standard InChI is InChI=1S/C45H53N2O7PSi/c1-6-28-52-45(50)44(55(37-16-10-7-11-17-37,38-18-12-8-13-19-38)39-20-14-9-15-21-39)47-32-40(34(2)54-56(3,4)5)41(47)31-42(48)35-22-24-36(25-23-35)53-33-43(49)46-26-29-51-30-27-46/h6-25,34,40-41H,1,26-33H2,2-5H3/t34-,40-,41-/m1/s1. The van der Waals surface area contributed by atoms with Crippen LogP contribution >= 0.6 is 6.89 Å². The number of benzene rings is 4. The van der Waals surface area contributed by atoms with E-state index in [1.165, 1.54) is 0 Å². The van der Waals surface area contributed by atoms with E-state index in [1.54, 1.807) is 35.2 Å². The van der Waals surface area contributed by atoms with Crippen LogP contribution in [0.3, 0.4) is 0 Å². The van der Waals surface area contributed by atoms with Crippen molar-refractivity contribution in [3.63, 3.8) is 0 Å². The second kappa shape index (κ2) is 18.6. The Hall–Kier alpha value is -4.57. The van der Waals surface area contributed by atoms with Crippen molar-refractivity contribution >= 4 is 54.2 Å². The molecule has 2 aliphatic rings. The summed E-state index contributed by atoms with van der Waals surface area (Å²) in [6, 6.07) is 37.2. The summed E-state index contributed by atoms with van der Waals surface area (Å²) in [6.07, 6.45) is 1.58. The van der Waals surface area contributed by atoms with Crippen LogP contribution in [0.4, 0.5) is 0 Å². The molecule has 0 spiro atoms. The molecular formula is C45H53N2O7PSi. The van der Waals surface area contributed by atoms with E-state index >= 15 is 0 Å². The second-order valence-corrected chi connectivity index (χ2v) is 22.9. The zero-order chi connectivity index (χ0) is 39.7. The van der Waals surface area contributed by atoms with E-state index in [-0.39, 0.29) is 49.4 Å². The predicted octanol–water partition coefficient (Wildman–Crippen LogP) is 5.89. The van der Waals surface area contributed by atoms with Gasteiger partial charge in [-0.3, -0.25) is 14.5 Å². The number of Topliss-reactive ketones (excluding diaryl/α,β-unsaturated/α-hetero) is 1. The average Bonchev–Trinajstić information content (AvgIpc) is 3.21. The van der Waals surface area contributed by atoms with Crippen molar-refractivity contribution in [2.75, 3.05) is 46.1 Å². The van der Waals surface area contributed by atoms with Gasteiger partial charge in [0.1, 0.15) is 17.8 Å². The highest BCUT2D eigenvalue weighted by Gasteiger charge is 2.50. The molecule has 4 aromatic rings. The predicted molar refractivity (Wildman–Crippen MR) is 227 cm³/mol. The zero-order valence-electron chi connectivity index (χ0n) is 32.8. The number of morpholine rings is 1. The molecule has 0 N–H and O–H groups in total. The summed E-state index contributed by atoms with van der Waals surface area (Å²) in [6.45, 7) is 12.1. The number of carbonyl (C=O) groups excluding carboxylic acids is 3. The molecule has 294 valence electrons. The van der Waals surface area contributed by atoms with Gasteiger partial charge in [0, 0.05) is 56.6 Å². The molecule has 1 amide bonds. The van der Waals surface area contributed by atoms with Crippen molar-refractivity contribution in [3.8, 4) is 5.75 Å². The van der Waals surface area contributed by atoms with Crippen LogP contribution in [-0.4, -0.2) is 99.4 Å². The Kier molecular flexibility index (Phi) is 13.6. The van der Waals surface area contributed by atoms with Crippen molar-refractivity contribution in [1.29, 1.82) is 0 Å². The van der Waals surface area contributed by atoms with Gasteiger partial charge in [0.25, 0.3) is 5.91 Å². The van der Waals surface area contributed by atoms with Gasteiger partial charge in [0.2, 0.25) is 0 Å². The average molecular weight is 793 g/mol. The molecule has 0 saturated carbocycles. The van der Waals surface area contributed by atoms with Crippen LogP contribution in [0, 0.1) is 5.92 Å². The largest absolute Gasteiger partial charge is 0.484 e. The first kappa shape index (κ1) is 41.1. The molecule has 2 saturated heterocycles. The van der Waals surface area contributed by atoms with Crippen molar-refractivity contribution in [3.05, 3.63) is 133 Å². The fourth-order valence-electron chi connectivity index (χ4n) is 7.70. The zero-order valence-corrected chi connectivity index (χ0v) is 34.7. The first-order valence-corrected chi connectivity index (χ1v) is 24.5. The highest BCUT2D eigenvalue weighted by Crippen LogP contribution is 2.50. The first-order valence-electron chi connectivity index (χ1n) is 19.3. The summed E-state index contributed by atoms with van der Waals surface area (Å²) >= 11 is 0. The second-order valence-electron chi connectivity index (χ2n) is 15.1. The Morgan fingerprint density at radius 1 is 0.839 bits per heavy atom. The minimum atomic E-state index is -2.93. The van der Waals surface area contributed by atoms with Crippen LogP contribution in [0.1, 0.15) is 23.7 Å². The number of hydrogen-bond acceptors (Lipinski definition) is 7. The van der Waals surface area contributed by atoms with Crippen molar-refractivity contribution in [2.45, 2.75) is 45.1 Å². The van der Waals surface area contributed by atoms with Gasteiger partial charge in [-0.05, 0) is 66.7 Å². The molecule has 11 heteroatoms. The number of ketones is 1. The number of hydrogen-bond donors (Lipinski definition) is 0. The maximum absolute atomic E-state index is 14.9. The van der Waals surface area contributed by atoms with Gasteiger partial charge in [-0.1, -0.05) is 104 Å². The van der Waals surface area contributed by atoms with E-state index < -0.39 is 21.2 Å². The smallest absolute Gasteiger partial charge is 0.350 e. The summed E-state index contributed by atoms with van der Waals surface area (Å²) < 4.78 is 23.9. The fraction of sp³-hybridized carbons (Fsp3) is 0.333. The third-order valence-corrected chi connectivity index (χ3v) is 15.6. The number of carbonyl (C=O) groups is 3. The minimum absolute atomic E-state index is 0.0362. The van der Waals surface area contributed by atoms with E-state index in [0.717, 1.165) is 15.9 Å². The molecule has 0 unspecified atom stereocenters. The lowest BCUT2D eigenvalue weighted by molar-refractivity contribution is -0.137. The van der Waals surface area contributed by atoms with Gasteiger partial charge in [-0.2, -0.15) is 0 Å². The molecule has 0 aliphatic carbocycles. The molecule has 6 rings (SSSR count). The number of amides is 1. The van der Waals surface area contributed by atoms with Crippen LogP contribution in [0.5, 0.6) is 5.75 Å². The van der Waals surface area contributed by atoms with E-state index in [9.17, 15) is 14.4 Å². The number of esters is 1. The van der Waals surface area contributed by atoms with Crippen LogP contribution in [0.2, 0.25) is 19.6 Å². The number of nitrogens with zero attached hydrogens (tertiary/aromatic N) is 2. The Bertz CT molecular complexity index is 1910. The topological polar surface area (TPSA) is 94.6 Å². The van der Waals surface area contributed by atoms with Crippen molar-refractivity contribution in [1.82, 2.24) is 9.80 Å². The molecule has 9 nitrogen and oxygen atoms in total. The molecule has 0 bridgehead atoms. The summed E-state index contributed by atoms with van der Waals surface area (Å²) in [5.74, 6) is -0.128. The molecule has 0 radical (unpaired) electrons. The fourth-order valence-corrected chi connectivity index (χ4v) is 13.4. The Labute approximate surface area is 332 Å². The maximum Gasteiger partial charge on any atom is 0.350 e. The van der Waals surface area contributed by atoms with E-state index in [1.807, 2.05) is 54.6 Å². The van der Waals surface area contributed by atoms with Gasteiger partial charge < -0.3 is 23.5 Å². The number of likely N-dealkylation sites (tertiary alicyclic amines) is 1. The number of rotatable bonds is 16. The summed E-state index contributed by atoms with van der Waals surface area (Å²) in [5.41, 5.74) is 1.07.